The molecule has 1 N–H and O–H groups in total. The van der Waals surface area contributed by atoms with E-state index in [-0.39, 0.29) is 18.3 Å². The van der Waals surface area contributed by atoms with Gasteiger partial charge >= 0.3 is 0 Å². The molecular weight excluding hydrogens is 322 g/mol. The van der Waals surface area contributed by atoms with Crippen LogP contribution in [0.15, 0.2) is 47.5 Å². The number of carbonyl (C=O) groups is 1. The zero-order chi connectivity index (χ0) is 17.4. The second-order valence-corrected chi connectivity index (χ2v) is 6.18. The van der Waals surface area contributed by atoms with Crippen LogP contribution in [0.2, 0.25) is 0 Å². The van der Waals surface area contributed by atoms with Crippen LogP contribution in [0.25, 0.3) is 5.69 Å². The van der Waals surface area contributed by atoms with Gasteiger partial charge in [0.05, 0.1) is 12.9 Å². The lowest BCUT2D eigenvalue weighted by atomic mass is 10.0. The number of rotatable bonds is 3. The van der Waals surface area contributed by atoms with E-state index in [4.69, 9.17) is 4.52 Å². The third-order valence-electron chi connectivity index (χ3n) is 4.36. The highest BCUT2D eigenvalue weighted by Gasteiger charge is 2.44. The van der Waals surface area contributed by atoms with Gasteiger partial charge in [0.1, 0.15) is 0 Å². The van der Waals surface area contributed by atoms with Crippen molar-refractivity contribution in [1.29, 1.82) is 0 Å². The fourth-order valence-corrected chi connectivity index (χ4v) is 3.02. The first-order chi connectivity index (χ1) is 12.0. The summed E-state index contributed by atoms with van der Waals surface area (Å²) in [5.41, 5.74) is 0.112. The zero-order valence-electron chi connectivity index (χ0n) is 13.7. The Morgan fingerprint density at radius 1 is 1.40 bits per heavy atom. The van der Waals surface area contributed by atoms with E-state index in [9.17, 15) is 9.90 Å². The summed E-state index contributed by atoms with van der Waals surface area (Å²) in [5, 5.41) is 14.5. The van der Waals surface area contributed by atoms with Crippen molar-refractivity contribution in [3.8, 4) is 5.69 Å². The molecule has 1 aliphatic rings. The van der Waals surface area contributed by atoms with Gasteiger partial charge in [-0.2, -0.15) is 4.98 Å². The van der Waals surface area contributed by atoms with E-state index in [1.54, 1.807) is 36.5 Å². The molecule has 3 heterocycles. The van der Waals surface area contributed by atoms with Crippen molar-refractivity contribution < 1.29 is 14.4 Å². The Labute approximate surface area is 143 Å². The summed E-state index contributed by atoms with van der Waals surface area (Å²) in [6, 6.07) is 7.29. The third-order valence-corrected chi connectivity index (χ3v) is 4.36. The minimum atomic E-state index is -1.29. The van der Waals surface area contributed by atoms with Crippen molar-refractivity contribution in [1.82, 2.24) is 24.6 Å². The van der Waals surface area contributed by atoms with Crippen molar-refractivity contribution in [2.45, 2.75) is 18.9 Å². The number of aryl methyl sites for hydroxylation is 1. The number of carbonyl (C=O) groups excluding carboxylic acids is 1. The number of amides is 1. The van der Waals surface area contributed by atoms with Gasteiger partial charge in [0.15, 0.2) is 11.4 Å². The summed E-state index contributed by atoms with van der Waals surface area (Å²) in [4.78, 5) is 22.5. The van der Waals surface area contributed by atoms with Gasteiger partial charge in [0, 0.05) is 36.6 Å². The summed E-state index contributed by atoms with van der Waals surface area (Å²) in [5.74, 6) is 0.475. The van der Waals surface area contributed by atoms with Crippen LogP contribution in [-0.2, 0) is 5.60 Å². The Hall–Kier alpha value is -3.00. The van der Waals surface area contributed by atoms with Gasteiger partial charge in [-0.05, 0) is 25.1 Å². The summed E-state index contributed by atoms with van der Waals surface area (Å²) in [7, 11) is 0. The average Bonchev–Trinajstić information content (AvgIpc) is 3.35. The van der Waals surface area contributed by atoms with Crippen LogP contribution in [0.1, 0.15) is 28.5 Å². The lowest BCUT2D eigenvalue weighted by molar-refractivity contribution is 0.0136. The Balaban J connectivity index is 1.55. The molecule has 25 heavy (non-hydrogen) atoms. The molecule has 1 unspecified atom stereocenters. The predicted molar refractivity (Wildman–Crippen MR) is 87.0 cm³/mol. The smallest absolute Gasteiger partial charge is 0.260 e. The molecule has 2 aromatic heterocycles. The third kappa shape index (κ3) is 2.80. The fourth-order valence-electron chi connectivity index (χ4n) is 3.02. The Kier molecular flexibility index (Phi) is 3.61. The van der Waals surface area contributed by atoms with E-state index >= 15 is 0 Å². The highest BCUT2D eigenvalue weighted by molar-refractivity contribution is 5.95. The van der Waals surface area contributed by atoms with Crippen LogP contribution in [0, 0.1) is 6.92 Å². The molecule has 128 valence electrons. The van der Waals surface area contributed by atoms with E-state index in [0.29, 0.717) is 24.4 Å². The van der Waals surface area contributed by atoms with Gasteiger partial charge in [0.25, 0.3) is 11.8 Å². The molecule has 3 aromatic rings. The first-order valence-electron chi connectivity index (χ1n) is 7.96. The standard InChI is InChI=1S/C17H17N5O3/c1-12-19-16(25-20-12)17(24)5-7-21(10-17)15(23)13-3-2-4-14(9-13)22-8-6-18-11-22/h2-4,6,8-9,11,24H,5,7,10H2,1H3. The van der Waals surface area contributed by atoms with Crippen molar-refractivity contribution in [3.05, 3.63) is 60.3 Å². The zero-order valence-corrected chi connectivity index (χ0v) is 13.7. The Morgan fingerprint density at radius 3 is 3.00 bits per heavy atom. The fraction of sp³-hybridized carbons (Fsp3) is 0.294. The maximum absolute atomic E-state index is 12.8. The van der Waals surface area contributed by atoms with E-state index in [0.717, 1.165) is 5.69 Å². The van der Waals surface area contributed by atoms with Crippen LogP contribution >= 0.6 is 0 Å². The lowest BCUT2D eigenvalue weighted by Gasteiger charge is -2.20. The van der Waals surface area contributed by atoms with Crippen molar-refractivity contribution >= 4 is 5.91 Å². The van der Waals surface area contributed by atoms with Gasteiger partial charge < -0.3 is 19.1 Å². The molecule has 0 saturated carbocycles. The monoisotopic (exact) mass is 339 g/mol. The molecule has 1 aliphatic heterocycles. The van der Waals surface area contributed by atoms with Crippen LogP contribution in [-0.4, -0.2) is 48.7 Å². The number of likely N-dealkylation sites (tertiary alicyclic amines) is 1. The van der Waals surface area contributed by atoms with Crippen molar-refractivity contribution in [2.75, 3.05) is 13.1 Å². The summed E-state index contributed by atoms with van der Waals surface area (Å²) >= 11 is 0. The number of benzene rings is 1. The normalized spacial score (nSPS) is 20.2. The van der Waals surface area contributed by atoms with E-state index in [2.05, 4.69) is 15.1 Å². The maximum Gasteiger partial charge on any atom is 0.260 e. The number of hydrogen-bond donors (Lipinski definition) is 1. The second kappa shape index (κ2) is 5.82. The average molecular weight is 339 g/mol. The first-order valence-corrected chi connectivity index (χ1v) is 7.96. The number of β-amino-alcohol motifs (C(OH)–C–C–N with tert-alkyl or cyclic N) is 1. The SMILES string of the molecule is Cc1noc(C2(O)CCN(C(=O)c3cccc(-n4ccnc4)c3)C2)n1. The van der Waals surface area contributed by atoms with Crippen LogP contribution in [0.5, 0.6) is 0 Å². The van der Waals surface area contributed by atoms with Gasteiger partial charge in [-0.1, -0.05) is 11.2 Å². The molecule has 1 aromatic carbocycles. The maximum atomic E-state index is 12.8. The molecule has 8 heteroatoms. The Morgan fingerprint density at radius 2 is 2.28 bits per heavy atom. The molecule has 0 spiro atoms. The molecule has 1 atom stereocenters. The topological polar surface area (TPSA) is 97.3 Å². The summed E-state index contributed by atoms with van der Waals surface area (Å²) in [6.07, 6.45) is 5.54. The molecule has 0 bridgehead atoms. The van der Waals surface area contributed by atoms with Gasteiger partial charge in [0.2, 0.25) is 0 Å². The molecule has 0 aliphatic carbocycles. The number of imidazole rings is 1. The molecule has 1 fully saturated rings. The lowest BCUT2D eigenvalue weighted by Crippen LogP contribution is -2.34. The molecule has 1 saturated heterocycles. The molecular formula is C17H17N5O3. The van der Waals surface area contributed by atoms with Crippen LogP contribution in [0.4, 0.5) is 0 Å². The predicted octanol–water partition coefficient (Wildman–Crippen LogP) is 1.30. The highest BCUT2D eigenvalue weighted by Crippen LogP contribution is 2.31. The second-order valence-electron chi connectivity index (χ2n) is 6.18. The molecule has 1 amide bonds. The van der Waals surface area contributed by atoms with Gasteiger partial charge in [-0.25, -0.2) is 4.98 Å². The first kappa shape index (κ1) is 15.5. The number of aromatic nitrogens is 4. The minimum absolute atomic E-state index is 0.128. The quantitative estimate of drug-likeness (QED) is 0.772. The van der Waals surface area contributed by atoms with Crippen LogP contribution < -0.4 is 0 Å². The minimum Gasteiger partial charge on any atom is -0.378 e. The summed E-state index contributed by atoms with van der Waals surface area (Å²) < 4.78 is 6.93. The number of nitrogens with zero attached hydrogens (tertiary/aromatic N) is 5. The van der Waals surface area contributed by atoms with Gasteiger partial charge in [-0.15, -0.1) is 0 Å². The summed E-state index contributed by atoms with van der Waals surface area (Å²) in [6.45, 7) is 2.24. The van der Waals surface area contributed by atoms with E-state index in [1.165, 1.54) is 0 Å². The molecule has 8 nitrogen and oxygen atoms in total. The molecule has 4 rings (SSSR count). The van der Waals surface area contributed by atoms with Crippen LogP contribution in [0.3, 0.4) is 0 Å². The van der Waals surface area contributed by atoms with E-state index < -0.39 is 5.60 Å². The number of hydrogen-bond acceptors (Lipinski definition) is 6. The Bertz CT molecular complexity index is 905. The largest absolute Gasteiger partial charge is 0.378 e. The molecule has 0 radical (unpaired) electrons. The van der Waals surface area contributed by atoms with Crippen molar-refractivity contribution in [2.24, 2.45) is 0 Å². The van der Waals surface area contributed by atoms with Gasteiger partial charge in [-0.3, -0.25) is 4.79 Å². The van der Waals surface area contributed by atoms with Crippen molar-refractivity contribution in [3.63, 3.8) is 0 Å². The van der Waals surface area contributed by atoms with E-state index in [1.807, 2.05) is 22.9 Å². The number of aliphatic hydroxyl groups is 1. The highest BCUT2D eigenvalue weighted by atomic mass is 16.5.